The topological polar surface area (TPSA) is 99.4 Å². The first-order chi connectivity index (χ1) is 19.4. The molecular formula is C35H60O6. The first-order valence-electron chi connectivity index (χ1n) is 17.1. The molecule has 5 rings (SSSR count). The van der Waals surface area contributed by atoms with E-state index in [1.165, 1.54) is 44.9 Å². The highest BCUT2D eigenvalue weighted by Gasteiger charge is 2.58. The first kappa shape index (κ1) is 31.9. The molecule has 4 aliphatic carbocycles. The van der Waals surface area contributed by atoms with Gasteiger partial charge in [-0.05, 0) is 110 Å². The van der Waals surface area contributed by atoms with Gasteiger partial charge in [-0.2, -0.15) is 0 Å². The van der Waals surface area contributed by atoms with E-state index in [4.69, 9.17) is 9.47 Å². The normalized spacial score (nSPS) is 47.7. The largest absolute Gasteiger partial charge is 0.394 e. The molecule has 0 aromatic heterocycles. The molecule has 14 atom stereocenters. The van der Waals surface area contributed by atoms with E-state index < -0.39 is 37.3 Å². The quantitative estimate of drug-likeness (QED) is 0.257. The molecule has 1 heterocycles. The Hall–Kier alpha value is -0.500. The van der Waals surface area contributed by atoms with Crippen LogP contribution in [0.5, 0.6) is 0 Å². The third kappa shape index (κ3) is 5.73. The van der Waals surface area contributed by atoms with Crippen molar-refractivity contribution in [3.63, 3.8) is 0 Å². The van der Waals surface area contributed by atoms with E-state index >= 15 is 0 Å². The minimum atomic E-state index is -1.39. The standard InChI is InChI=1S/C35H60O6/c1-7-22(20(2)3)9-8-21(4)26-12-13-27-25-11-10-23-18-24(14-16-34(23,5)28(25)15-17-35(26,27)6)40-33-32(39)31(38)30(37)29(19-36)41-33/h11,20-24,26-33,36-39H,7-10,12-19H2,1-6H3/t21-,22-,23?,24?,26-,27?,28?,29-,30+,31+,32-,33-,34-,35+/m1/s1. The van der Waals surface area contributed by atoms with Crippen molar-refractivity contribution in [3.05, 3.63) is 11.6 Å². The summed E-state index contributed by atoms with van der Waals surface area (Å²) in [6, 6.07) is 0. The van der Waals surface area contributed by atoms with Gasteiger partial charge in [0.2, 0.25) is 0 Å². The average Bonchev–Trinajstić information content (AvgIpc) is 3.30. The maximum Gasteiger partial charge on any atom is 0.186 e. The fourth-order valence-corrected chi connectivity index (χ4v) is 10.6. The van der Waals surface area contributed by atoms with E-state index in [-0.39, 0.29) is 11.5 Å². The van der Waals surface area contributed by atoms with E-state index in [0.29, 0.717) is 17.3 Å². The van der Waals surface area contributed by atoms with Gasteiger partial charge in [-0.3, -0.25) is 0 Å². The molecule has 4 unspecified atom stereocenters. The molecule has 236 valence electrons. The van der Waals surface area contributed by atoms with Crippen LogP contribution in [0.4, 0.5) is 0 Å². The predicted octanol–water partition coefficient (Wildman–Crippen LogP) is 5.85. The van der Waals surface area contributed by atoms with Crippen LogP contribution in [0.15, 0.2) is 11.6 Å². The van der Waals surface area contributed by atoms with Crippen LogP contribution in [0.1, 0.15) is 112 Å². The van der Waals surface area contributed by atoms with Gasteiger partial charge in [0.25, 0.3) is 0 Å². The van der Waals surface area contributed by atoms with Crippen LogP contribution >= 0.6 is 0 Å². The summed E-state index contributed by atoms with van der Waals surface area (Å²) < 4.78 is 11.9. The van der Waals surface area contributed by atoms with Gasteiger partial charge in [-0.15, -0.1) is 0 Å². The van der Waals surface area contributed by atoms with Crippen LogP contribution in [0.3, 0.4) is 0 Å². The van der Waals surface area contributed by atoms with Crippen molar-refractivity contribution in [1.29, 1.82) is 0 Å². The van der Waals surface area contributed by atoms with E-state index in [2.05, 4.69) is 47.6 Å². The van der Waals surface area contributed by atoms with E-state index in [0.717, 1.165) is 55.3 Å². The summed E-state index contributed by atoms with van der Waals surface area (Å²) in [5, 5.41) is 40.4. The predicted molar refractivity (Wildman–Crippen MR) is 161 cm³/mol. The zero-order chi connectivity index (χ0) is 29.7. The highest BCUT2D eigenvalue weighted by Crippen LogP contribution is 2.67. The van der Waals surface area contributed by atoms with Gasteiger partial charge in [0.15, 0.2) is 6.29 Å². The highest BCUT2D eigenvalue weighted by molar-refractivity contribution is 5.27. The second-order valence-electron chi connectivity index (χ2n) is 15.7. The number of hydrogen-bond donors (Lipinski definition) is 4. The van der Waals surface area contributed by atoms with Gasteiger partial charge < -0.3 is 29.9 Å². The Morgan fingerprint density at radius 3 is 2.32 bits per heavy atom. The van der Waals surface area contributed by atoms with Crippen molar-refractivity contribution in [2.24, 2.45) is 52.3 Å². The van der Waals surface area contributed by atoms with Crippen molar-refractivity contribution in [2.45, 2.75) is 149 Å². The Bertz CT molecular complexity index is 918. The molecule has 0 bridgehead atoms. The minimum Gasteiger partial charge on any atom is -0.394 e. The summed E-state index contributed by atoms with van der Waals surface area (Å²) in [5.74, 6) is 5.21. The molecule has 0 spiro atoms. The lowest BCUT2D eigenvalue weighted by Gasteiger charge is -2.58. The number of hydrogen-bond acceptors (Lipinski definition) is 6. The monoisotopic (exact) mass is 576 g/mol. The zero-order valence-electron chi connectivity index (χ0n) is 26.7. The van der Waals surface area contributed by atoms with Crippen LogP contribution < -0.4 is 0 Å². The molecule has 41 heavy (non-hydrogen) atoms. The van der Waals surface area contributed by atoms with Gasteiger partial charge in [0.05, 0.1) is 12.7 Å². The molecule has 1 saturated heterocycles. The van der Waals surface area contributed by atoms with Gasteiger partial charge in [-0.1, -0.05) is 66.0 Å². The van der Waals surface area contributed by atoms with Gasteiger partial charge in [-0.25, -0.2) is 0 Å². The van der Waals surface area contributed by atoms with Gasteiger partial charge in [0.1, 0.15) is 24.4 Å². The molecule has 4 N–H and O–H groups in total. The summed E-state index contributed by atoms with van der Waals surface area (Å²) in [6.45, 7) is 14.5. The van der Waals surface area contributed by atoms with Crippen LogP contribution in [-0.2, 0) is 9.47 Å². The summed E-state index contributed by atoms with van der Waals surface area (Å²) in [5.41, 5.74) is 2.50. The van der Waals surface area contributed by atoms with Gasteiger partial charge >= 0.3 is 0 Å². The van der Waals surface area contributed by atoms with Crippen molar-refractivity contribution < 1.29 is 29.9 Å². The molecule has 6 nitrogen and oxygen atoms in total. The average molecular weight is 577 g/mol. The molecule has 0 aromatic rings. The molecule has 4 fully saturated rings. The van der Waals surface area contributed by atoms with E-state index in [9.17, 15) is 20.4 Å². The summed E-state index contributed by atoms with van der Waals surface area (Å²) in [7, 11) is 0. The summed E-state index contributed by atoms with van der Waals surface area (Å²) in [6.07, 6.45) is 10.0. The van der Waals surface area contributed by atoms with Crippen LogP contribution in [-0.4, -0.2) is 63.8 Å². The number of allylic oxidation sites excluding steroid dienone is 2. The molecule has 0 amide bonds. The van der Waals surface area contributed by atoms with Crippen molar-refractivity contribution in [2.75, 3.05) is 6.61 Å². The lowest BCUT2D eigenvalue weighted by Crippen LogP contribution is -2.60. The number of fused-ring (bicyclic) bond motifs is 5. The van der Waals surface area contributed by atoms with Crippen molar-refractivity contribution in [3.8, 4) is 0 Å². The SMILES string of the molecule is CC[C@H](CC[C@@H](C)[C@H]1CCC2C3=CCC4CC(O[C@@H]5O[C@H](CO)[C@H](O)[C@H](O)[C@H]5O)CC[C@@]4(C)C3CC[C@]21C)C(C)C. The summed E-state index contributed by atoms with van der Waals surface area (Å²) in [4.78, 5) is 0. The molecule has 0 radical (unpaired) electrons. The molecule has 6 heteroatoms. The third-order valence-electron chi connectivity index (χ3n) is 13.4. The molecular weight excluding hydrogens is 516 g/mol. The Labute approximate surface area is 249 Å². The third-order valence-corrected chi connectivity index (χ3v) is 13.4. The lowest BCUT2D eigenvalue weighted by atomic mass is 9.47. The first-order valence-corrected chi connectivity index (χ1v) is 17.1. The molecule has 3 saturated carbocycles. The van der Waals surface area contributed by atoms with Crippen LogP contribution in [0.25, 0.3) is 0 Å². The fourth-order valence-electron chi connectivity index (χ4n) is 10.6. The highest BCUT2D eigenvalue weighted by atomic mass is 16.7. The maximum absolute atomic E-state index is 10.5. The zero-order valence-corrected chi connectivity index (χ0v) is 26.7. The minimum absolute atomic E-state index is 0.0622. The maximum atomic E-state index is 10.5. The molecule has 5 aliphatic rings. The van der Waals surface area contributed by atoms with E-state index in [1.807, 2.05) is 0 Å². The second kappa shape index (κ2) is 12.5. The number of ether oxygens (including phenoxy) is 2. The summed E-state index contributed by atoms with van der Waals surface area (Å²) >= 11 is 0. The van der Waals surface area contributed by atoms with E-state index in [1.54, 1.807) is 5.57 Å². The fraction of sp³-hybridized carbons (Fsp3) is 0.943. The Morgan fingerprint density at radius 2 is 1.63 bits per heavy atom. The number of aliphatic hydroxyl groups excluding tert-OH is 4. The second-order valence-corrected chi connectivity index (χ2v) is 15.7. The van der Waals surface area contributed by atoms with Crippen molar-refractivity contribution >= 4 is 0 Å². The van der Waals surface area contributed by atoms with Crippen LogP contribution in [0, 0.1) is 52.3 Å². The molecule has 0 aromatic carbocycles. The van der Waals surface area contributed by atoms with Crippen LogP contribution in [0.2, 0.25) is 0 Å². The number of aliphatic hydroxyl groups is 4. The molecule has 1 aliphatic heterocycles. The number of rotatable bonds is 9. The Balaban J connectivity index is 1.24. The lowest BCUT2D eigenvalue weighted by molar-refractivity contribution is -0.315. The Morgan fingerprint density at radius 1 is 0.927 bits per heavy atom. The van der Waals surface area contributed by atoms with Gasteiger partial charge in [0, 0.05) is 0 Å². The Kier molecular flexibility index (Phi) is 9.71. The van der Waals surface area contributed by atoms with Crippen molar-refractivity contribution in [1.82, 2.24) is 0 Å². The smallest absolute Gasteiger partial charge is 0.186 e.